The number of hydrogen-bond donors (Lipinski definition) is 2. The normalized spacial score (nSPS) is 16.1. The van der Waals surface area contributed by atoms with E-state index in [0.717, 1.165) is 31.6 Å². The van der Waals surface area contributed by atoms with Gasteiger partial charge in [0.1, 0.15) is 0 Å². The van der Waals surface area contributed by atoms with Crippen molar-refractivity contribution in [2.24, 2.45) is 5.92 Å². The molecule has 1 unspecified atom stereocenters. The Morgan fingerprint density at radius 3 is 2.89 bits per heavy atom. The first-order valence-corrected chi connectivity index (χ1v) is 9.27. The van der Waals surface area contributed by atoms with Gasteiger partial charge in [0.05, 0.1) is 11.2 Å². The minimum atomic E-state index is 0. The first kappa shape index (κ1) is 23.8. The lowest BCUT2D eigenvalue weighted by molar-refractivity contribution is -0.121. The van der Waals surface area contributed by atoms with E-state index in [2.05, 4.69) is 15.6 Å². The zero-order chi connectivity index (χ0) is 17.5. The number of piperidine rings is 1. The topological polar surface area (TPSA) is 67.2 Å². The molecule has 0 spiro atoms. The van der Waals surface area contributed by atoms with E-state index in [4.69, 9.17) is 16.0 Å². The predicted molar refractivity (Wildman–Crippen MR) is 113 cm³/mol. The van der Waals surface area contributed by atoms with Crippen molar-refractivity contribution < 1.29 is 9.21 Å². The molecule has 2 heterocycles. The van der Waals surface area contributed by atoms with Gasteiger partial charge in [0.2, 0.25) is 5.91 Å². The summed E-state index contributed by atoms with van der Waals surface area (Å²) in [6.07, 6.45) is 6.05. The zero-order valence-corrected chi connectivity index (χ0v) is 17.5. The summed E-state index contributed by atoms with van der Waals surface area (Å²) in [7, 11) is 0. The number of benzene rings is 1. The molecule has 1 aliphatic heterocycles. The number of carbonyl (C=O) groups is 1. The lowest BCUT2D eigenvalue weighted by atomic mass is 9.96. The largest absolute Gasteiger partial charge is 0.441 e. The molecule has 150 valence electrons. The van der Waals surface area contributed by atoms with Gasteiger partial charge in [0.15, 0.2) is 11.7 Å². The summed E-state index contributed by atoms with van der Waals surface area (Å²) in [5.74, 6) is 1.91. The molecule has 1 saturated heterocycles. The molecular formula is C19H26Cl3N3O2. The van der Waals surface area contributed by atoms with Gasteiger partial charge in [-0.15, -0.1) is 24.8 Å². The van der Waals surface area contributed by atoms with Crippen LogP contribution in [-0.2, 0) is 11.2 Å². The molecule has 2 aromatic rings. The zero-order valence-electron chi connectivity index (χ0n) is 15.1. The van der Waals surface area contributed by atoms with E-state index in [1.165, 1.54) is 12.8 Å². The summed E-state index contributed by atoms with van der Waals surface area (Å²) in [5, 5.41) is 7.01. The Labute approximate surface area is 177 Å². The van der Waals surface area contributed by atoms with Crippen LogP contribution in [0.15, 0.2) is 34.9 Å². The monoisotopic (exact) mass is 433 g/mol. The van der Waals surface area contributed by atoms with Gasteiger partial charge in [0, 0.05) is 24.9 Å². The number of amides is 1. The highest BCUT2D eigenvalue weighted by Crippen LogP contribution is 2.28. The quantitative estimate of drug-likeness (QED) is 0.682. The van der Waals surface area contributed by atoms with Gasteiger partial charge in [0.25, 0.3) is 0 Å². The van der Waals surface area contributed by atoms with E-state index in [0.29, 0.717) is 35.4 Å². The van der Waals surface area contributed by atoms with Crippen molar-refractivity contribution in [1.82, 2.24) is 15.6 Å². The SMILES string of the molecule is Cl.Cl.O=C(CCc1ncc(-c2ccccc2Cl)o1)NCCC1CCCNC1. The summed E-state index contributed by atoms with van der Waals surface area (Å²) in [6, 6.07) is 7.48. The Morgan fingerprint density at radius 2 is 2.15 bits per heavy atom. The molecule has 5 nitrogen and oxygen atoms in total. The van der Waals surface area contributed by atoms with E-state index in [-0.39, 0.29) is 30.7 Å². The molecule has 1 atom stereocenters. The van der Waals surface area contributed by atoms with Crippen LogP contribution in [0.3, 0.4) is 0 Å². The molecule has 0 saturated carbocycles. The van der Waals surface area contributed by atoms with E-state index < -0.39 is 0 Å². The minimum Gasteiger partial charge on any atom is -0.441 e. The number of nitrogens with zero attached hydrogens (tertiary/aromatic N) is 1. The molecule has 0 aliphatic carbocycles. The van der Waals surface area contributed by atoms with E-state index in [9.17, 15) is 4.79 Å². The lowest BCUT2D eigenvalue weighted by Crippen LogP contribution is -2.33. The average Bonchev–Trinajstić information content (AvgIpc) is 3.10. The van der Waals surface area contributed by atoms with Crippen molar-refractivity contribution in [3.8, 4) is 11.3 Å². The first-order chi connectivity index (χ1) is 12.2. The van der Waals surface area contributed by atoms with Gasteiger partial charge in [-0.1, -0.05) is 23.7 Å². The maximum absolute atomic E-state index is 12.0. The molecular weight excluding hydrogens is 409 g/mol. The molecule has 1 aromatic heterocycles. The van der Waals surface area contributed by atoms with Gasteiger partial charge in [-0.2, -0.15) is 0 Å². The molecule has 1 fully saturated rings. The second kappa shape index (κ2) is 12.2. The molecule has 1 aromatic carbocycles. The Kier molecular flexibility index (Phi) is 10.8. The molecule has 2 N–H and O–H groups in total. The molecule has 0 radical (unpaired) electrons. The third-order valence-electron chi connectivity index (χ3n) is 4.53. The number of carbonyl (C=O) groups excluding carboxylic acids is 1. The van der Waals surface area contributed by atoms with Crippen molar-refractivity contribution in [3.63, 3.8) is 0 Å². The Morgan fingerprint density at radius 1 is 1.33 bits per heavy atom. The molecule has 8 heteroatoms. The van der Waals surface area contributed by atoms with Crippen LogP contribution in [0.2, 0.25) is 5.02 Å². The predicted octanol–water partition coefficient (Wildman–Crippen LogP) is 4.28. The minimum absolute atomic E-state index is 0. The van der Waals surface area contributed by atoms with Gasteiger partial charge in [-0.05, 0) is 50.4 Å². The third-order valence-corrected chi connectivity index (χ3v) is 4.86. The van der Waals surface area contributed by atoms with E-state index >= 15 is 0 Å². The van der Waals surface area contributed by atoms with Crippen LogP contribution in [0.1, 0.15) is 31.6 Å². The van der Waals surface area contributed by atoms with Crippen LogP contribution in [0.5, 0.6) is 0 Å². The summed E-state index contributed by atoms with van der Waals surface area (Å²) in [6.45, 7) is 2.92. The molecule has 1 aliphatic rings. The highest BCUT2D eigenvalue weighted by atomic mass is 35.5. The van der Waals surface area contributed by atoms with Crippen LogP contribution in [0, 0.1) is 5.92 Å². The standard InChI is InChI=1S/C19H24ClN3O2.2ClH/c20-16-6-2-1-5-15(16)17-13-23-19(25-17)8-7-18(24)22-11-9-14-4-3-10-21-12-14;;/h1-2,5-6,13-14,21H,3-4,7-12H2,(H,22,24);2*1H. The molecule has 1 amide bonds. The summed E-state index contributed by atoms with van der Waals surface area (Å²) < 4.78 is 5.72. The Balaban J connectivity index is 0.00000182. The van der Waals surface area contributed by atoms with Crippen LogP contribution in [0.25, 0.3) is 11.3 Å². The Hall–Kier alpha value is -1.27. The van der Waals surface area contributed by atoms with Gasteiger partial charge < -0.3 is 15.1 Å². The van der Waals surface area contributed by atoms with Crippen LogP contribution in [0.4, 0.5) is 0 Å². The fourth-order valence-corrected chi connectivity index (χ4v) is 3.34. The number of aromatic nitrogens is 1. The van der Waals surface area contributed by atoms with Gasteiger partial charge >= 0.3 is 0 Å². The highest BCUT2D eigenvalue weighted by Gasteiger charge is 2.14. The number of nitrogens with one attached hydrogen (secondary N) is 2. The molecule has 27 heavy (non-hydrogen) atoms. The number of rotatable bonds is 7. The lowest BCUT2D eigenvalue weighted by Gasteiger charge is -2.22. The summed E-state index contributed by atoms with van der Waals surface area (Å²) >= 11 is 6.16. The fourth-order valence-electron chi connectivity index (χ4n) is 3.11. The van der Waals surface area contributed by atoms with Crippen molar-refractivity contribution in [2.75, 3.05) is 19.6 Å². The molecule has 3 rings (SSSR count). The van der Waals surface area contributed by atoms with E-state index in [1.807, 2.05) is 24.3 Å². The number of oxazole rings is 1. The second-order valence-corrected chi connectivity index (χ2v) is 6.86. The molecule has 0 bridgehead atoms. The third kappa shape index (κ3) is 7.34. The van der Waals surface area contributed by atoms with Gasteiger partial charge in [-0.3, -0.25) is 4.79 Å². The second-order valence-electron chi connectivity index (χ2n) is 6.45. The fraction of sp³-hybridized carbons (Fsp3) is 0.474. The first-order valence-electron chi connectivity index (χ1n) is 8.89. The van der Waals surface area contributed by atoms with Crippen molar-refractivity contribution in [3.05, 3.63) is 41.4 Å². The summed E-state index contributed by atoms with van der Waals surface area (Å²) in [5.41, 5.74) is 0.813. The average molecular weight is 435 g/mol. The Bertz CT molecular complexity index is 703. The number of aryl methyl sites for hydroxylation is 1. The van der Waals surface area contributed by atoms with Crippen molar-refractivity contribution >= 4 is 42.3 Å². The smallest absolute Gasteiger partial charge is 0.220 e. The summed E-state index contributed by atoms with van der Waals surface area (Å²) in [4.78, 5) is 16.2. The van der Waals surface area contributed by atoms with Crippen LogP contribution >= 0.6 is 36.4 Å². The van der Waals surface area contributed by atoms with Crippen LogP contribution in [-0.4, -0.2) is 30.5 Å². The van der Waals surface area contributed by atoms with E-state index in [1.54, 1.807) is 6.20 Å². The van der Waals surface area contributed by atoms with Crippen molar-refractivity contribution in [2.45, 2.75) is 32.1 Å². The van der Waals surface area contributed by atoms with Crippen molar-refractivity contribution in [1.29, 1.82) is 0 Å². The highest BCUT2D eigenvalue weighted by molar-refractivity contribution is 6.33. The maximum Gasteiger partial charge on any atom is 0.220 e. The maximum atomic E-state index is 12.0. The number of hydrogen-bond acceptors (Lipinski definition) is 4. The van der Waals surface area contributed by atoms with Gasteiger partial charge in [-0.25, -0.2) is 4.98 Å². The number of halogens is 3. The van der Waals surface area contributed by atoms with Crippen LogP contribution < -0.4 is 10.6 Å².